The molecule has 1 N–H and O–H groups in total. The van der Waals surface area contributed by atoms with E-state index in [2.05, 4.69) is 5.32 Å². The van der Waals surface area contributed by atoms with Crippen molar-refractivity contribution >= 4 is 5.97 Å². The van der Waals surface area contributed by atoms with Gasteiger partial charge in [-0.05, 0) is 32.1 Å². The maximum Gasteiger partial charge on any atom is 0.310 e. The molecule has 14 heavy (non-hydrogen) atoms. The molecule has 1 heterocycles. The molecule has 0 spiro atoms. The van der Waals surface area contributed by atoms with Gasteiger partial charge in [-0.3, -0.25) is 4.79 Å². The highest BCUT2D eigenvalue weighted by Gasteiger charge is 2.36. The number of carbonyl (C=O) groups excluding carboxylic acids is 1. The topological polar surface area (TPSA) is 38.3 Å². The maximum absolute atomic E-state index is 11.5. The van der Waals surface area contributed by atoms with Crippen LogP contribution in [0.15, 0.2) is 0 Å². The summed E-state index contributed by atoms with van der Waals surface area (Å²) in [5.74, 6) is 0.817. The molecular weight excluding hydrogens is 178 g/mol. The van der Waals surface area contributed by atoms with E-state index in [9.17, 15) is 4.79 Å². The lowest BCUT2D eigenvalue weighted by atomic mass is 9.86. The Morgan fingerprint density at radius 1 is 1.50 bits per heavy atom. The van der Waals surface area contributed by atoms with E-state index < -0.39 is 0 Å². The van der Waals surface area contributed by atoms with E-state index in [1.54, 1.807) is 0 Å². The number of hydrogen-bond donors (Lipinski definition) is 1. The van der Waals surface area contributed by atoms with E-state index in [1.807, 2.05) is 6.92 Å². The van der Waals surface area contributed by atoms with Crippen LogP contribution in [0, 0.1) is 11.8 Å². The second-order valence-corrected chi connectivity index (χ2v) is 4.39. The fraction of sp³-hybridized carbons (Fsp3) is 0.909. The third-order valence-electron chi connectivity index (χ3n) is 3.49. The van der Waals surface area contributed by atoms with Crippen molar-refractivity contribution in [3.05, 3.63) is 0 Å². The zero-order valence-electron chi connectivity index (χ0n) is 8.79. The average Bonchev–Trinajstić information content (AvgIpc) is 2.64. The molecular formula is C11H19NO2. The van der Waals surface area contributed by atoms with Crippen molar-refractivity contribution in [1.82, 2.24) is 5.32 Å². The van der Waals surface area contributed by atoms with Crippen LogP contribution in [0.4, 0.5) is 0 Å². The Kier molecular flexibility index (Phi) is 3.06. The molecule has 3 heteroatoms. The SMILES string of the molecule is CCOC(=O)[C@H]1CN[C@H]2CCC[C@H]2C1. The van der Waals surface area contributed by atoms with E-state index in [1.165, 1.54) is 19.3 Å². The summed E-state index contributed by atoms with van der Waals surface area (Å²) < 4.78 is 5.05. The molecule has 0 amide bonds. The Morgan fingerprint density at radius 3 is 3.14 bits per heavy atom. The summed E-state index contributed by atoms with van der Waals surface area (Å²) in [6, 6.07) is 0.681. The predicted molar refractivity (Wildman–Crippen MR) is 53.9 cm³/mol. The van der Waals surface area contributed by atoms with Gasteiger partial charge in [-0.2, -0.15) is 0 Å². The highest BCUT2D eigenvalue weighted by molar-refractivity contribution is 5.72. The fourth-order valence-corrected chi connectivity index (χ4v) is 2.77. The molecule has 0 aromatic heterocycles. The summed E-state index contributed by atoms with van der Waals surface area (Å²) in [5, 5.41) is 3.47. The summed E-state index contributed by atoms with van der Waals surface area (Å²) in [7, 11) is 0. The number of ether oxygens (including phenoxy) is 1. The zero-order valence-corrected chi connectivity index (χ0v) is 8.79. The third kappa shape index (κ3) is 1.92. The van der Waals surface area contributed by atoms with Crippen LogP contribution >= 0.6 is 0 Å². The molecule has 2 aliphatic rings. The average molecular weight is 197 g/mol. The maximum atomic E-state index is 11.5. The lowest BCUT2D eigenvalue weighted by molar-refractivity contribution is -0.149. The van der Waals surface area contributed by atoms with Crippen LogP contribution in [-0.2, 0) is 9.53 Å². The molecule has 1 aliphatic carbocycles. The number of fused-ring (bicyclic) bond motifs is 1. The monoisotopic (exact) mass is 197 g/mol. The normalized spacial score (nSPS) is 36.5. The molecule has 1 saturated heterocycles. The van der Waals surface area contributed by atoms with Crippen molar-refractivity contribution in [2.45, 2.75) is 38.6 Å². The molecule has 0 aromatic rings. The quantitative estimate of drug-likeness (QED) is 0.679. The van der Waals surface area contributed by atoms with Crippen LogP contribution in [0.5, 0.6) is 0 Å². The summed E-state index contributed by atoms with van der Waals surface area (Å²) in [6.45, 7) is 3.19. The number of nitrogens with one attached hydrogen (secondary N) is 1. The lowest BCUT2D eigenvalue weighted by Crippen LogP contribution is -2.45. The highest BCUT2D eigenvalue weighted by atomic mass is 16.5. The summed E-state index contributed by atoms with van der Waals surface area (Å²) in [4.78, 5) is 11.5. The zero-order chi connectivity index (χ0) is 9.97. The first-order valence-corrected chi connectivity index (χ1v) is 5.71. The standard InChI is InChI=1S/C11H19NO2/c1-2-14-11(13)9-6-8-4-3-5-10(8)12-7-9/h8-10,12H,2-7H2,1H3/t8-,9+,10-/m0/s1. The van der Waals surface area contributed by atoms with Gasteiger partial charge in [-0.15, -0.1) is 0 Å². The first-order valence-electron chi connectivity index (χ1n) is 5.71. The minimum atomic E-state index is -0.00894. The van der Waals surface area contributed by atoms with Crippen molar-refractivity contribution in [2.24, 2.45) is 11.8 Å². The molecule has 0 unspecified atom stereocenters. The number of hydrogen-bond acceptors (Lipinski definition) is 3. The van der Waals surface area contributed by atoms with Crippen molar-refractivity contribution in [2.75, 3.05) is 13.2 Å². The third-order valence-corrected chi connectivity index (χ3v) is 3.49. The predicted octanol–water partition coefficient (Wildman–Crippen LogP) is 1.33. The van der Waals surface area contributed by atoms with Gasteiger partial charge in [-0.1, -0.05) is 6.42 Å². The van der Waals surface area contributed by atoms with E-state index in [0.29, 0.717) is 12.6 Å². The first kappa shape index (κ1) is 9.97. The lowest BCUT2D eigenvalue weighted by Gasteiger charge is -2.31. The Labute approximate surface area is 85.2 Å². The minimum Gasteiger partial charge on any atom is -0.466 e. The van der Waals surface area contributed by atoms with Gasteiger partial charge < -0.3 is 10.1 Å². The second kappa shape index (κ2) is 4.30. The van der Waals surface area contributed by atoms with Crippen molar-refractivity contribution in [3.8, 4) is 0 Å². The van der Waals surface area contributed by atoms with E-state index in [-0.39, 0.29) is 11.9 Å². The van der Waals surface area contributed by atoms with Crippen LogP contribution in [0.1, 0.15) is 32.6 Å². The summed E-state index contributed by atoms with van der Waals surface area (Å²) in [5.41, 5.74) is 0. The Morgan fingerprint density at radius 2 is 2.36 bits per heavy atom. The Bertz CT molecular complexity index is 217. The van der Waals surface area contributed by atoms with Crippen LogP contribution in [0.3, 0.4) is 0 Å². The smallest absolute Gasteiger partial charge is 0.310 e. The van der Waals surface area contributed by atoms with Crippen LogP contribution in [-0.4, -0.2) is 25.2 Å². The molecule has 0 aromatic carbocycles. The van der Waals surface area contributed by atoms with Crippen LogP contribution in [0.2, 0.25) is 0 Å². The van der Waals surface area contributed by atoms with Crippen molar-refractivity contribution < 1.29 is 9.53 Å². The molecule has 3 nitrogen and oxygen atoms in total. The largest absolute Gasteiger partial charge is 0.466 e. The molecule has 80 valence electrons. The van der Waals surface area contributed by atoms with E-state index >= 15 is 0 Å². The van der Waals surface area contributed by atoms with Gasteiger partial charge in [0, 0.05) is 12.6 Å². The van der Waals surface area contributed by atoms with Gasteiger partial charge in [0.15, 0.2) is 0 Å². The fourth-order valence-electron chi connectivity index (χ4n) is 2.77. The molecule has 2 rings (SSSR count). The molecule has 3 atom stereocenters. The van der Waals surface area contributed by atoms with Crippen molar-refractivity contribution in [1.29, 1.82) is 0 Å². The Balaban J connectivity index is 1.87. The van der Waals surface area contributed by atoms with Gasteiger partial charge in [0.25, 0.3) is 0 Å². The van der Waals surface area contributed by atoms with Crippen molar-refractivity contribution in [3.63, 3.8) is 0 Å². The van der Waals surface area contributed by atoms with E-state index in [0.717, 1.165) is 18.9 Å². The van der Waals surface area contributed by atoms with Crippen LogP contribution < -0.4 is 5.32 Å². The Hall–Kier alpha value is -0.570. The van der Waals surface area contributed by atoms with Gasteiger partial charge >= 0.3 is 5.97 Å². The summed E-state index contributed by atoms with van der Waals surface area (Å²) >= 11 is 0. The first-order chi connectivity index (χ1) is 6.81. The molecule has 0 bridgehead atoms. The van der Waals surface area contributed by atoms with Crippen LogP contribution in [0.25, 0.3) is 0 Å². The number of carbonyl (C=O) groups is 1. The molecule has 0 radical (unpaired) electrons. The molecule has 2 fully saturated rings. The highest BCUT2D eigenvalue weighted by Crippen LogP contribution is 2.34. The second-order valence-electron chi connectivity index (χ2n) is 4.39. The van der Waals surface area contributed by atoms with Gasteiger partial charge in [0.1, 0.15) is 0 Å². The summed E-state index contributed by atoms with van der Waals surface area (Å²) in [6.07, 6.45) is 4.93. The van der Waals surface area contributed by atoms with E-state index in [4.69, 9.17) is 4.74 Å². The number of esters is 1. The molecule has 1 saturated carbocycles. The van der Waals surface area contributed by atoms with Gasteiger partial charge in [0.2, 0.25) is 0 Å². The van der Waals surface area contributed by atoms with Gasteiger partial charge in [-0.25, -0.2) is 0 Å². The minimum absolute atomic E-state index is 0.00894. The number of rotatable bonds is 2. The van der Waals surface area contributed by atoms with Gasteiger partial charge in [0.05, 0.1) is 12.5 Å². The number of piperidine rings is 1. The molecule has 1 aliphatic heterocycles.